The van der Waals surface area contributed by atoms with Crippen molar-refractivity contribution in [3.63, 3.8) is 0 Å². The van der Waals surface area contributed by atoms with Crippen LogP contribution in [0.2, 0.25) is 0 Å². The van der Waals surface area contributed by atoms with Crippen molar-refractivity contribution in [3.8, 4) is 11.1 Å². The average Bonchev–Trinajstić information content (AvgIpc) is 2.51. The Balaban J connectivity index is 2.63. The monoisotopic (exact) mass is 358 g/mol. The van der Waals surface area contributed by atoms with E-state index in [1.54, 1.807) is 0 Å². The molecule has 2 aromatic carbocycles. The van der Waals surface area contributed by atoms with Crippen LogP contribution in [-0.2, 0) is 0 Å². The maximum atomic E-state index is 2.43. The molecule has 0 aliphatic heterocycles. The van der Waals surface area contributed by atoms with Crippen molar-refractivity contribution >= 4 is 26.5 Å². The van der Waals surface area contributed by atoms with Gasteiger partial charge in [-0.05, 0) is 45.4 Å². The fourth-order valence-corrected chi connectivity index (χ4v) is 5.89. The molecule has 2 atom stereocenters. The van der Waals surface area contributed by atoms with E-state index in [0.29, 0.717) is 10.3 Å². The molecule has 0 aromatic heterocycles. The highest BCUT2D eigenvalue weighted by Gasteiger charge is 2.27. The highest BCUT2D eigenvalue weighted by atomic mass is 31.1. The number of rotatable bonds is 3. The molecule has 2 unspecified atom stereocenters. The standard InChI is InChI=1S/C22H32P2/c1-21(2,3)23(7)19-15-11-9-13-17(19)18-14-10-12-16-20(18)24(8)22(4,5)6/h9-16H,1-8H3. The summed E-state index contributed by atoms with van der Waals surface area (Å²) in [7, 11) is -0.427. The van der Waals surface area contributed by atoms with Gasteiger partial charge in [0.15, 0.2) is 0 Å². The molecule has 0 fully saturated rings. The van der Waals surface area contributed by atoms with Crippen LogP contribution in [0.3, 0.4) is 0 Å². The maximum Gasteiger partial charge on any atom is -0.0100 e. The Kier molecular flexibility index (Phi) is 5.95. The highest BCUT2D eigenvalue weighted by Crippen LogP contribution is 2.49. The number of hydrogen-bond donors (Lipinski definition) is 0. The zero-order valence-electron chi connectivity index (χ0n) is 16.5. The van der Waals surface area contributed by atoms with Crippen LogP contribution in [0.15, 0.2) is 48.5 Å². The minimum absolute atomic E-state index is 0.214. The molecule has 0 saturated heterocycles. The molecule has 24 heavy (non-hydrogen) atoms. The molecule has 0 N–H and O–H groups in total. The lowest BCUT2D eigenvalue weighted by Crippen LogP contribution is -2.23. The van der Waals surface area contributed by atoms with Gasteiger partial charge in [-0.1, -0.05) is 106 Å². The van der Waals surface area contributed by atoms with E-state index in [2.05, 4.69) is 103 Å². The van der Waals surface area contributed by atoms with E-state index in [1.807, 2.05) is 0 Å². The molecule has 0 bridgehead atoms. The van der Waals surface area contributed by atoms with Crippen LogP contribution in [-0.4, -0.2) is 23.6 Å². The summed E-state index contributed by atoms with van der Waals surface area (Å²) in [6, 6.07) is 18.1. The van der Waals surface area contributed by atoms with Gasteiger partial charge in [-0.25, -0.2) is 0 Å². The Morgan fingerprint density at radius 2 is 0.833 bits per heavy atom. The third kappa shape index (κ3) is 4.28. The van der Waals surface area contributed by atoms with E-state index in [1.165, 1.54) is 21.7 Å². The molecule has 2 aromatic rings. The molecular weight excluding hydrogens is 326 g/mol. The van der Waals surface area contributed by atoms with Gasteiger partial charge in [-0.2, -0.15) is 0 Å². The first-order valence-corrected chi connectivity index (χ1v) is 12.3. The lowest BCUT2D eigenvalue weighted by molar-refractivity contribution is 0.790. The van der Waals surface area contributed by atoms with Crippen LogP contribution in [0, 0.1) is 0 Å². The van der Waals surface area contributed by atoms with Crippen molar-refractivity contribution in [3.05, 3.63) is 48.5 Å². The Morgan fingerprint density at radius 1 is 0.542 bits per heavy atom. The molecule has 0 radical (unpaired) electrons. The first kappa shape index (κ1) is 19.6. The maximum absolute atomic E-state index is 2.43. The third-order valence-corrected chi connectivity index (χ3v) is 11.1. The van der Waals surface area contributed by atoms with Crippen molar-refractivity contribution in [2.24, 2.45) is 0 Å². The van der Waals surface area contributed by atoms with Gasteiger partial charge in [-0.3, -0.25) is 0 Å². The summed E-state index contributed by atoms with van der Waals surface area (Å²) in [5, 5.41) is 3.71. The minimum Gasteiger partial charge on any atom is -0.0723 e. The molecule has 0 amide bonds. The van der Waals surface area contributed by atoms with Crippen LogP contribution in [0.1, 0.15) is 41.5 Å². The number of hydrogen-bond acceptors (Lipinski definition) is 0. The van der Waals surface area contributed by atoms with Crippen molar-refractivity contribution in [1.29, 1.82) is 0 Å². The third-order valence-electron chi connectivity index (χ3n) is 4.83. The molecule has 0 heterocycles. The van der Waals surface area contributed by atoms with Crippen molar-refractivity contribution < 1.29 is 0 Å². The van der Waals surface area contributed by atoms with E-state index in [0.717, 1.165) is 0 Å². The first-order chi connectivity index (χ1) is 11.0. The zero-order chi connectivity index (χ0) is 18.1. The normalized spacial score (nSPS) is 15.2. The second kappa shape index (κ2) is 7.27. The van der Waals surface area contributed by atoms with E-state index in [-0.39, 0.29) is 15.8 Å². The quantitative estimate of drug-likeness (QED) is 0.555. The van der Waals surface area contributed by atoms with Gasteiger partial charge >= 0.3 is 0 Å². The summed E-state index contributed by atoms with van der Waals surface area (Å²) >= 11 is 0. The Labute approximate surface area is 151 Å². The molecule has 130 valence electrons. The van der Waals surface area contributed by atoms with Crippen molar-refractivity contribution in [2.45, 2.75) is 51.9 Å². The molecule has 0 nitrogen and oxygen atoms in total. The fraction of sp³-hybridized carbons (Fsp3) is 0.455. The Bertz CT molecular complexity index is 628. The van der Waals surface area contributed by atoms with Crippen LogP contribution in [0.5, 0.6) is 0 Å². The molecule has 0 saturated carbocycles. The van der Waals surface area contributed by atoms with Gasteiger partial charge in [-0.15, -0.1) is 0 Å². The second-order valence-electron chi connectivity index (χ2n) is 8.49. The molecule has 0 aliphatic rings. The van der Waals surface area contributed by atoms with E-state index < -0.39 is 0 Å². The van der Waals surface area contributed by atoms with E-state index in [4.69, 9.17) is 0 Å². The summed E-state index contributed by atoms with van der Waals surface area (Å²) < 4.78 is 0. The summed E-state index contributed by atoms with van der Waals surface area (Å²) in [5.41, 5.74) is 2.88. The fourth-order valence-electron chi connectivity index (χ4n) is 2.71. The van der Waals surface area contributed by atoms with Gasteiger partial charge in [0.05, 0.1) is 0 Å². The van der Waals surface area contributed by atoms with Crippen molar-refractivity contribution in [2.75, 3.05) is 13.3 Å². The summed E-state index contributed by atoms with van der Waals surface area (Å²) in [6.45, 7) is 19.0. The smallest absolute Gasteiger partial charge is 0.0100 e. The lowest BCUT2D eigenvalue weighted by Gasteiger charge is -2.32. The average molecular weight is 358 g/mol. The van der Waals surface area contributed by atoms with E-state index in [9.17, 15) is 0 Å². The second-order valence-corrected chi connectivity index (χ2v) is 14.4. The number of benzene rings is 2. The van der Waals surface area contributed by atoms with Crippen molar-refractivity contribution in [1.82, 2.24) is 0 Å². The molecule has 0 aliphatic carbocycles. The Hall–Kier alpha value is -0.700. The molecule has 2 rings (SSSR count). The predicted molar refractivity (Wildman–Crippen MR) is 116 cm³/mol. The predicted octanol–water partition coefficient (Wildman–Crippen LogP) is 6.42. The van der Waals surface area contributed by atoms with Crippen LogP contribution in [0.25, 0.3) is 11.1 Å². The molecular formula is C22H32P2. The first-order valence-electron chi connectivity index (χ1n) is 8.69. The molecule has 2 heteroatoms. The largest absolute Gasteiger partial charge is 0.0723 e. The van der Waals surface area contributed by atoms with Gasteiger partial charge in [0, 0.05) is 0 Å². The van der Waals surface area contributed by atoms with E-state index >= 15 is 0 Å². The topological polar surface area (TPSA) is 0 Å². The Morgan fingerprint density at radius 3 is 1.12 bits per heavy atom. The van der Waals surface area contributed by atoms with Gasteiger partial charge in [0.1, 0.15) is 0 Å². The molecule has 0 spiro atoms. The summed E-state index contributed by atoms with van der Waals surface area (Å²) in [6.07, 6.45) is 0. The van der Waals surface area contributed by atoms with Gasteiger partial charge < -0.3 is 0 Å². The van der Waals surface area contributed by atoms with Gasteiger partial charge in [0.2, 0.25) is 0 Å². The van der Waals surface area contributed by atoms with Crippen LogP contribution in [0.4, 0.5) is 0 Å². The summed E-state index contributed by atoms with van der Waals surface area (Å²) in [5.74, 6) is 0. The highest BCUT2D eigenvalue weighted by molar-refractivity contribution is 7.67. The summed E-state index contributed by atoms with van der Waals surface area (Å²) in [4.78, 5) is 0. The zero-order valence-corrected chi connectivity index (χ0v) is 18.3. The van der Waals surface area contributed by atoms with Gasteiger partial charge in [0.25, 0.3) is 0 Å². The van der Waals surface area contributed by atoms with Crippen LogP contribution < -0.4 is 10.6 Å². The lowest BCUT2D eigenvalue weighted by atomic mass is 10.1. The minimum atomic E-state index is -0.214. The van der Waals surface area contributed by atoms with Crippen LogP contribution >= 0.6 is 15.8 Å². The SMILES string of the molecule is CP(c1ccccc1-c1ccccc1P(C)C(C)(C)C)C(C)(C)C.